The van der Waals surface area contributed by atoms with E-state index in [2.05, 4.69) is 16.0 Å². The standard InChI is InChI=1S/C59H55F9N4O3/c60-57(61,62)37-69-53(74)55(48-21-7-3-16-43(48)44-17-4-8-22-49(44)55)31-11-13-33-72(35-29-41(30-36-72)71-52(73)47-20-2-1-15-42(47)39-25-27-40(28-26-39)59(66,67)68)34-14-12-32-56(54(75)70-38-58(63,64)65)50-23-9-5-18-45(50)46-19-6-10-24-51(46)56/h1-10,15-28,41H,11-14,29-38H2,(H2-,69,70,71,73,74,75)/p+1. The summed E-state index contributed by atoms with van der Waals surface area (Å²) in [6.07, 6.45) is -10.2. The van der Waals surface area contributed by atoms with Gasteiger partial charge in [0.2, 0.25) is 11.8 Å². The Morgan fingerprint density at radius 2 is 0.853 bits per heavy atom. The lowest BCUT2D eigenvalue weighted by Gasteiger charge is -2.44. The molecule has 2 aliphatic carbocycles. The Kier molecular flexibility index (Phi) is 14.8. The van der Waals surface area contributed by atoms with Gasteiger partial charge < -0.3 is 20.4 Å². The van der Waals surface area contributed by atoms with Crippen LogP contribution in [0.5, 0.6) is 0 Å². The minimum absolute atomic E-state index is 0.218. The fourth-order valence-electron chi connectivity index (χ4n) is 12.1. The highest BCUT2D eigenvalue weighted by Gasteiger charge is 2.51. The summed E-state index contributed by atoms with van der Waals surface area (Å²) in [5.74, 6) is -1.85. The average Bonchev–Trinajstić information content (AvgIpc) is 3.87. The first-order valence-electron chi connectivity index (χ1n) is 25.3. The molecular formula is C59H56F9N4O3+. The van der Waals surface area contributed by atoms with Crippen molar-refractivity contribution in [1.82, 2.24) is 16.0 Å². The highest BCUT2D eigenvalue weighted by atomic mass is 19.4. The molecule has 0 atom stereocenters. The van der Waals surface area contributed by atoms with Gasteiger partial charge in [0.25, 0.3) is 5.91 Å². The number of amides is 3. The number of quaternary nitrogens is 1. The van der Waals surface area contributed by atoms with E-state index < -0.39 is 59.8 Å². The number of carbonyl (C=O) groups is 3. The smallest absolute Gasteiger partial charge is 0.349 e. The first-order valence-corrected chi connectivity index (χ1v) is 25.3. The summed E-state index contributed by atoms with van der Waals surface area (Å²) in [7, 11) is 0. The quantitative estimate of drug-likeness (QED) is 0.0483. The number of unbranched alkanes of at least 4 members (excludes halogenated alkanes) is 2. The van der Waals surface area contributed by atoms with Gasteiger partial charge in [-0.3, -0.25) is 14.4 Å². The lowest BCUT2D eigenvalue weighted by atomic mass is 9.73. The molecule has 3 aliphatic rings. The Labute approximate surface area is 429 Å². The molecule has 0 spiro atoms. The molecule has 0 bridgehead atoms. The van der Waals surface area contributed by atoms with Gasteiger partial charge in [-0.15, -0.1) is 0 Å². The average molecular weight is 1040 g/mol. The maximum absolute atomic E-state index is 14.3. The molecule has 7 nitrogen and oxygen atoms in total. The number of likely N-dealkylation sites (tertiary alicyclic amines) is 1. The number of hydrogen-bond donors (Lipinski definition) is 3. The fourth-order valence-corrected chi connectivity index (χ4v) is 12.1. The summed E-state index contributed by atoms with van der Waals surface area (Å²) in [6, 6.07) is 40.2. The third-order valence-electron chi connectivity index (χ3n) is 15.6. The zero-order chi connectivity index (χ0) is 53.2. The lowest BCUT2D eigenvalue weighted by Crippen LogP contribution is -2.57. The summed E-state index contributed by atoms with van der Waals surface area (Å²) < 4.78 is 123. The van der Waals surface area contributed by atoms with Crippen molar-refractivity contribution in [3.63, 3.8) is 0 Å². The number of fused-ring (bicyclic) bond motifs is 6. The van der Waals surface area contributed by atoms with Crippen molar-refractivity contribution in [2.45, 2.75) is 86.8 Å². The number of carbonyl (C=O) groups excluding carboxylic acids is 3. The van der Waals surface area contributed by atoms with Crippen LogP contribution in [0.1, 0.15) is 89.5 Å². The van der Waals surface area contributed by atoms with Crippen LogP contribution in [0.4, 0.5) is 39.5 Å². The van der Waals surface area contributed by atoms with Gasteiger partial charge in [0.1, 0.15) is 23.9 Å². The minimum Gasteiger partial charge on any atom is -0.349 e. The number of benzene rings is 6. The van der Waals surface area contributed by atoms with Crippen LogP contribution < -0.4 is 16.0 Å². The molecule has 6 aromatic carbocycles. The Balaban J connectivity index is 0.957. The Morgan fingerprint density at radius 1 is 0.480 bits per heavy atom. The van der Waals surface area contributed by atoms with Crippen LogP contribution >= 0.6 is 0 Å². The molecule has 9 rings (SSSR count). The van der Waals surface area contributed by atoms with E-state index in [1.807, 2.05) is 48.5 Å². The summed E-state index contributed by atoms with van der Waals surface area (Å²) >= 11 is 0. The minimum atomic E-state index is -4.64. The molecule has 3 N–H and O–H groups in total. The van der Waals surface area contributed by atoms with E-state index in [9.17, 15) is 53.9 Å². The van der Waals surface area contributed by atoms with Gasteiger partial charge in [-0.1, -0.05) is 127 Å². The highest BCUT2D eigenvalue weighted by molar-refractivity contribution is 6.02. The van der Waals surface area contributed by atoms with Crippen molar-refractivity contribution in [1.29, 1.82) is 0 Å². The molecule has 392 valence electrons. The lowest BCUT2D eigenvalue weighted by molar-refractivity contribution is -0.933. The first kappa shape index (κ1) is 52.9. The second kappa shape index (κ2) is 21.0. The SMILES string of the molecule is O=C(NC1CC[N+](CCCCC2(C(=O)NCC(F)(F)F)c3ccccc3-c3ccccc32)(CCCCC2(C(=O)NCC(F)(F)F)c3ccccc3-c3ccccc32)CC1)c1ccccc1-c1ccc(C(F)(F)F)cc1. The molecule has 0 unspecified atom stereocenters. The van der Waals surface area contributed by atoms with E-state index in [4.69, 9.17) is 0 Å². The van der Waals surface area contributed by atoms with Crippen molar-refractivity contribution >= 4 is 17.7 Å². The molecular weight excluding hydrogens is 984 g/mol. The molecule has 0 saturated carbocycles. The number of rotatable bonds is 17. The molecule has 1 heterocycles. The van der Waals surface area contributed by atoms with Gasteiger partial charge in [-0.25, -0.2) is 0 Å². The molecule has 0 radical (unpaired) electrons. The van der Waals surface area contributed by atoms with Crippen LogP contribution in [0.15, 0.2) is 146 Å². The van der Waals surface area contributed by atoms with E-state index in [0.717, 1.165) is 34.4 Å². The number of alkyl halides is 9. The number of nitrogens with one attached hydrogen (secondary N) is 3. The van der Waals surface area contributed by atoms with Crippen LogP contribution in [0.2, 0.25) is 0 Å². The molecule has 1 saturated heterocycles. The van der Waals surface area contributed by atoms with Crippen LogP contribution in [0.3, 0.4) is 0 Å². The molecule has 1 aliphatic heterocycles. The third kappa shape index (κ3) is 10.8. The number of nitrogens with zero attached hydrogens (tertiary/aromatic N) is 1. The van der Waals surface area contributed by atoms with Gasteiger partial charge in [-0.05, 0) is 112 Å². The summed E-state index contributed by atoms with van der Waals surface area (Å²) in [6.45, 7) is -0.584. The zero-order valence-electron chi connectivity index (χ0n) is 40.9. The van der Waals surface area contributed by atoms with Crippen molar-refractivity contribution in [2.75, 3.05) is 39.3 Å². The fraction of sp³-hybridized carbons (Fsp3) is 0.339. The summed E-state index contributed by atoms with van der Waals surface area (Å²) in [4.78, 5) is 42.6. The van der Waals surface area contributed by atoms with Crippen LogP contribution in [0, 0.1) is 0 Å². The first-order chi connectivity index (χ1) is 35.7. The second-order valence-electron chi connectivity index (χ2n) is 20.1. The van der Waals surface area contributed by atoms with Gasteiger partial charge in [0, 0.05) is 24.4 Å². The molecule has 75 heavy (non-hydrogen) atoms. The highest BCUT2D eigenvalue weighted by Crippen LogP contribution is 2.53. The van der Waals surface area contributed by atoms with Gasteiger partial charge in [0.15, 0.2) is 0 Å². The van der Waals surface area contributed by atoms with Gasteiger partial charge >= 0.3 is 18.5 Å². The predicted molar refractivity (Wildman–Crippen MR) is 268 cm³/mol. The topological polar surface area (TPSA) is 87.3 Å². The number of halogens is 9. The second-order valence-corrected chi connectivity index (χ2v) is 20.1. The monoisotopic (exact) mass is 1040 g/mol. The maximum atomic E-state index is 14.3. The van der Waals surface area contributed by atoms with E-state index in [1.165, 1.54) is 12.1 Å². The Morgan fingerprint density at radius 3 is 1.24 bits per heavy atom. The largest absolute Gasteiger partial charge is 0.416 e. The Bertz CT molecular complexity index is 2820. The van der Waals surface area contributed by atoms with Crippen molar-refractivity contribution in [3.05, 3.63) is 179 Å². The molecule has 0 aromatic heterocycles. The van der Waals surface area contributed by atoms with E-state index in [0.29, 0.717) is 108 Å². The number of piperidine rings is 1. The van der Waals surface area contributed by atoms with Crippen LogP contribution in [-0.4, -0.2) is 79.9 Å². The zero-order valence-corrected chi connectivity index (χ0v) is 40.9. The van der Waals surface area contributed by atoms with E-state index in [1.54, 1.807) is 72.8 Å². The maximum Gasteiger partial charge on any atom is 0.416 e. The van der Waals surface area contributed by atoms with Gasteiger partial charge in [-0.2, -0.15) is 39.5 Å². The molecule has 1 fully saturated rings. The van der Waals surface area contributed by atoms with Crippen molar-refractivity contribution in [2.24, 2.45) is 0 Å². The molecule has 16 heteroatoms. The van der Waals surface area contributed by atoms with E-state index in [-0.39, 0.29) is 24.8 Å². The number of hydrogen-bond acceptors (Lipinski definition) is 3. The van der Waals surface area contributed by atoms with Crippen molar-refractivity contribution in [3.8, 4) is 33.4 Å². The molecule has 6 aromatic rings. The van der Waals surface area contributed by atoms with Crippen molar-refractivity contribution < 1.29 is 58.4 Å². The van der Waals surface area contributed by atoms with Crippen LogP contribution in [0.25, 0.3) is 33.4 Å². The van der Waals surface area contributed by atoms with Crippen LogP contribution in [-0.2, 0) is 26.6 Å². The normalized spacial score (nSPS) is 16.3. The molecule has 3 amide bonds. The predicted octanol–water partition coefficient (Wildman–Crippen LogP) is 12.7. The summed E-state index contributed by atoms with van der Waals surface area (Å²) in [5, 5.41) is 7.58. The Hall–Kier alpha value is -6.94. The van der Waals surface area contributed by atoms with E-state index >= 15 is 0 Å². The van der Waals surface area contributed by atoms with Gasteiger partial charge in [0.05, 0.1) is 31.7 Å². The third-order valence-corrected chi connectivity index (χ3v) is 15.6. The summed E-state index contributed by atoms with van der Waals surface area (Å²) in [5.41, 5.74) is 3.27.